The molecule has 4 heteroatoms. The molecule has 0 saturated heterocycles. The largest absolute Gasteiger partial charge is 0.298 e. The van der Waals surface area contributed by atoms with Gasteiger partial charge < -0.3 is 0 Å². The molecule has 0 saturated carbocycles. The molecule has 0 heterocycles. The third kappa shape index (κ3) is 7.34. The van der Waals surface area contributed by atoms with Crippen LogP contribution in [0.25, 0.3) is 0 Å². The predicted octanol–water partition coefficient (Wildman–Crippen LogP) is 2.05. The van der Waals surface area contributed by atoms with Gasteiger partial charge in [-0.2, -0.15) is 0 Å². The van der Waals surface area contributed by atoms with Gasteiger partial charge in [0.1, 0.15) is 0 Å². The summed E-state index contributed by atoms with van der Waals surface area (Å²) in [6.45, 7) is 9.96. The lowest BCUT2D eigenvalue weighted by molar-refractivity contribution is -0.121. The molecule has 0 fully saturated rings. The van der Waals surface area contributed by atoms with Crippen LogP contribution in [0.4, 0.5) is 0 Å². The quantitative estimate of drug-likeness (QED) is 0.282. The van der Waals surface area contributed by atoms with Crippen LogP contribution in [0.1, 0.15) is 59.8 Å². The predicted molar refractivity (Wildman–Crippen MR) is 72.4 cm³/mol. The average Bonchev–Trinajstić information content (AvgIpc) is 2.30. The number of hydrazine groups is 1. The number of carbonyl (C=O) groups excluding carboxylic acids is 1. The number of hydrogen-bond acceptors (Lipinski definition) is 3. The van der Waals surface area contributed by atoms with E-state index < -0.39 is 0 Å². The first-order valence-corrected chi connectivity index (χ1v) is 6.78. The van der Waals surface area contributed by atoms with Crippen LogP contribution in [-0.4, -0.2) is 29.4 Å². The normalized spacial score (nSPS) is 13.1. The number of amides is 1. The van der Waals surface area contributed by atoms with E-state index in [1.807, 2.05) is 0 Å². The molecule has 4 nitrogen and oxygen atoms in total. The number of carbonyl (C=O) groups is 1. The van der Waals surface area contributed by atoms with Gasteiger partial charge in [0.2, 0.25) is 5.91 Å². The molecule has 17 heavy (non-hydrogen) atoms. The van der Waals surface area contributed by atoms with Crippen molar-refractivity contribution in [3.05, 3.63) is 0 Å². The molecule has 0 bridgehead atoms. The molecule has 1 atom stereocenters. The molecule has 0 aromatic carbocycles. The average molecular weight is 243 g/mol. The lowest BCUT2D eigenvalue weighted by Gasteiger charge is -2.32. The number of nitrogens with one attached hydrogen (secondary N) is 1. The van der Waals surface area contributed by atoms with Crippen molar-refractivity contribution in [1.29, 1.82) is 0 Å². The molecule has 3 N–H and O–H groups in total. The Hall–Kier alpha value is -0.610. The molecule has 0 radical (unpaired) electrons. The molecule has 102 valence electrons. The van der Waals surface area contributed by atoms with Gasteiger partial charge in [0.25, 0.3) is 0 Å². The summed E-state index contributed by atoms with van der Waals surface area (Å²) in [6, 6.07) is 0.965. The first kappa shape index (κ1) is 16.4. The highest BCUT2D eigenvalue weighted by Crippen LogP contribution is 2.12. The van der Waals surface area contributed by atoms with Gasteiger partial charge in [-0.1, -0.05) is 19.8 Å². The molecule has 0 aromatic rings. The molecule has 0 aliphatic carbocycles. The van der Waals surface area contributed by atoms with E-state index in [2.05, 4.69) is 38.0 Å². The highest BCUT2D eigenvalue weighted by molar-refractivity contribution is 5.75. The van der Waals surface area contributed by atoms with Crippen molar-refractivity contribution in [2.24, 2.45) is 5.84 Å². The second-order valence-electron chi connectivity index (χ2n) is 4.99. The maximum atomic E-state index is 11.1. The second-order valence-corrected chi connectivity index (χ2v) is 4.99. The zero-order valence-corrected chi connectivity index (χ0v) is 11.8. The lowest BCUT2D eigenvalue weighted by Crippen LogP contribution is -2.40. The lowest BCUT2D eigenvalue weighted by atomic mass is 10.1. The van der Waals surface area contributed by atoms with E-state index in [0.717, 1.165) is 13.0 Å². The van der Waals surface area contributed by atoms with Gasteiger partial charge in [-0.25, -0.2) is 5.84 Å². The molecule has 0 rings (SSSR count). The first-order valence-electron chi connectivity index (χ1n) is 6.78. The summed E-state index contributed by atoms with van der Waals surface area (Å²) in [5.74, 6) is 5.00. The number of rotatable bonds is 9. The fourth-order valence-corrected chi connectivity index (χ4v) is 2.11. The van der Waals surface area contributed by atoms with Crippen LogP contribution in [0.5, 0.6) is 0 Å². The maximum absolute atomic E-state index is 11.1. The number of hydrogen-bond donors (Lipinski definition) is 2. The maximum Gasteiger partial charge on any atom is 0.233 e. The van der Waals surface area contributed by atoms with Crippen LogP contribution in [0.2, 0.25) is 0 Å². The second kappa shape index (κ2) is 9.42. The van der Waals surface area contributed by atoms with Gasteiger partial charge in [0.15, 0.2) is 0 Å². The van der Waals surface area contributed by atoms with E-state index in [0.29, 0.717) is 18.5 Å². The van der Waals surface area contributed by atoms with Gasteiger partial charge >= 0.3 is 0 Å². The summed E-state index contributed by atoms with van der Waals surface area (Å²) in [4.78, 5) is 13.6. The number of nitrogens with zero attached hydrogens (tertiary/aromatic N) is 1. The fourth-order valence-electron chi connectivity index (χ4n) is 2.11. The van der Waals surface area contributed by atoms with E-state index in [-0.39, 0.29) is 5.91 Å². The zero-order chi connectivity index (χ0) is 13.3. The van der Waals surface area contributed by atoms with Crippen molar-refractivity contribution < 1.29 is 4.79 Å². The third-order valence-electron chi connectivity index (χ3n) is 3.20. The molecule has 0 aromatic heterocycles. The minimum atomic E-state index is -0.0749. The van der Waals surface area contributed by atoms with Crippen molar-refractivity contribution >= 4 is 5.91 Å². The molecule has 0 spiro atoms. The molecule has 1 unspecified atom stereocenters. The Bertz CT molecular complexity index is 207. The minimum absolute atomic E-state index is 0.0749. The molecular formula is C13H29N3O. The van der Waals surface area contributed by atoms with Gasteiger partial charge in [0, 0.05) is 18.5 Å². The van der Waals surface area contributed by atoms with E-state index >= 15 is 0 Å². The van der Waals surface area contributed by atoms with Crippen LogP contribution in [0.3, 0.4) is 0 Å². The van der Waals surface area contributed by atoms with E-state index in [9.17, 15) is 4.79 Å². The number of unbranched alkanes of at least 4 members (excludes halogenated alkanes) is 2. The summed E-state index contributed by atoms with van der Waals surface area (Å²) in [6.07, 6.45) is 5.14. The zero-order valence-electron chi connectivity index (χ0n) is 11.8. The molecule has 1 amide bonds. The van der Waals surface area contributed by atoms with E-state index in [1.54, 1.807) is 0 Å². The summed E-state index contributed by atoms with van der Waals surface area (Å²) in [5.41, 5.74) is 2.18. The van der Waals surface area contributed by atoms with Crippen LogP contribution in [0.15, 0.2) is 0 Å². The Balaban J connectivity index is 4.05. The molecule has 0 aliphatic heterocycles. The van der Waals surface area contributed by atoms with Crippen molar-refractivity contribution in [2.75, 3.05) is 6.54 Å². The Morgan fingerprint density at radius 1 is 1.29 bits per heavy atom. The Kier molecular flexibility index (Phi) is 9.09. The van der Waals surface area contributed by atoms with Crippen LogP contribution in [0, 0.1) is 0 Å². The van der Waals surface area contributed by atoms with E-state index in [1.165, 1.54) is 19.3 Å². The van der Waals surface area contributed by atoms with Crippen LogP contribution in [-0.2, 0) is 4.79 Å². The smallest absolute Gasteiger partial charge is 0.233 e. The summed E-state index contributed by atoms with van der Waals surface area (Å²) in [5, 5.41) is 0. The van der Waals surface area contributed by atoms with Crippen LogP contribution >= 0.6 is 0 Å². The summed E-state index contributed by atoms with van der Waals surface area (Å²) in [7, 11) is 0. The van der Waals surface area contributed by atoms with Crippen molar-refractivity contribution in [2.45, 2.75) is 71.9 Å². The van der Waals surface area contributed by atoms with Gasteiger partial charge in [0.05, 0.1) is 0 Å². The highest BCUT2D eigenvalue weighted by Gasteiger charge is 2.17. The first-order chi connectivity index (χ1) is 8.02. The Labute approximate surface area is 106 Å². The van der Waals surface area contributed by atoms with Gasteiger partial charge in [-0.05, 0) is 40.2 Å². The minimum Gasteiger partial charge on any atom is -0.298 e. The summed E-state index contributed by atoms with van der Waals surface area (Å²) < 4.78 is 0. The van der Waals surface area contributed by atoms with E-state index in [4.69, 9.17) is 5.84 Å². The Morgan fingerprint density at radius 3 is 2.41 bits per heavy atom. The van der Waals surface area contributed by atoms with Crippen molar-refractivity contribution in [1.82, 2.24) is 10.3 Å². The SMILES string of the molecule is CCCCCN(C(C)C)C(C)CCC(=O)NN. The standard InChI is InChI=1S/C13H29N3O/c1-5-6-7-10-16(11(2)3)12(4)8-9-13(17)15-14/h11-12H,5-10,14H2,1-4H3,(H,15,17). The topological polar surface area (TPSA) is 58.4 Å². The van der Waals surface area contributed by atoms with Gasteiger partial charge in [-0.3, -0.25) is 15.1 Å². The molecular weight excluding hydrogens is 214 g/mol. The van der Waals surface area contributed by atoms with Crippen molar-refractivity contribution in [3.63, 3.8) is 0 Å². The summed E-state index contributed by atoms with van der Waals surface area (Å²) >= 11 is 0. The van der Waals surface area contributed by atoms with Crippen LogP contribution < -0.4 is 11.3 Å². The highest BCUT2D eigenvalue weighted by atomic mass is 16.2. The number of nitrogens with two attached hydrogens (primary N) is 1. The van der Waals surface area contributed by atoms with Crippen molar-refractivity contribution in [3.8, 4) is 0 Å². The third-order valence-corrected chi connectivity index (χ3v) is 3.20. The van der Waals surface area contributed by atoms with Gasteiger partial charge in [-0.15, -0.1) is 0 Å². The monoisotopic (exact) mass is 243 g/mol. The molecule has 0 aliphatic rings. The Morgan fingerprint density at radius 2 is 1.94 bits per heavy atom. The fraction of sp³-hybridized carbons (Fsp3) is 0.923.